The zero-order valence-electron chi connectivity index (χ0n) is 16.1. The molecule has 4 rings (SSSR count). The number of anilines is 3. The summed E-state index contributed by atoms with van der Waals surface area (Å²) in [4.78, 5) is 17.7. The number of hydrogen-bond acceptors (Lipinski definition) is 5. The zero-order chi connectivity index (χ0) is 20.9. The molecular weight excluding hydrogens is 401 g/mol. The number of thiazole rings is 1. The van der Waals surface area contributed by atoms with Crippen molar-refractivity contribution in [3.05, 3.63) is 95.3 Å². The second-order valence-electron chi connectivity index (χ2n) is 6.45. The second kappa shape index (κ2) is 8.75. The Morgan fingerprint density at radius 2 is 1.53 bits per heavy atom. The van der Waals surface area contributed by atoms with Gasteiger partial charge in [-0.1, -0.05) is 18.2 Å². The van der Waals surface area contributed by atoms with Crippen LogP contribution in [0.4, 0.5) is 20.9 Å². The molecule has 0 aliphatic carbocycles. The fraction of sp³-hybridized carbons (Fsp3) is 0.0435. The van der Waals surface area contributed by atoms with E-state index in [1.165, 1.54) is 35.6 Å². The summed E-state index contributed by atoms with van der Waals surface area (Å²) in [6.45, 7) is 1.83. The highest BCUT2D eigenvalue weighted by Crippen LogP contribution is 2.28. The first-order valence-electron chi connectivity index (χ1n) is 9.21. The number of amides is 1. The Hall–Kier alpha value is -3.71. The van der Waals surface area contributed by atoms with Crippen LogP contribution in [-0.2, 0) is 0 Å². The maximum atomic E-state index is 13.0. The number of carbonyl (C=O) groups is 1. The average molecular weight is 419 g/mol. The van der Waals surface area contributed by atoms with Crippen LogP contribution in [0.2, 0.25) is 0 Å². The van der Waals surface area contributed by atoms with Crippen LogP contribution >= 0.6 is 11.3 Å². The van der Waals surface area contributed by atoms with Gasteiger partial charge in [0.2, 0.25) is 0 Å². The Bertz CT molecular complexity index is 1140. The summed E-state index contributed by atoms with van der Waals surface area (Å²) in [5.41, 5.74) is 1.67. The minimum atomic E-state index is -0.357. The number of para-hydroxylation sites is 1. The molecule has 0 bridgehead atoms. The number of carbonyl (C=O) groups excluding carboxylic acids is 1. The van der Waals surface area contributed by atoms with Crippen LogP contribution in [0.3, 0.4) is 0 Å². The van der Waals surface area contributed by atoms with Crippen molar-refractivity contribution >= 4 is 33.8 Å². The fourth-order valence-corrected chi connectivity index (χ4v) is 3.57. The van der Waals surface area contributed by atoms with Gasteiger partial charge >= 0.3 is 0 Å². The predicted molar refractivity (Wildman–Crippen MR) is 117 cm³/mol. The Kier molecular flexibility index (Phi) is 5.72. The zero-order valence-corrected chi connectivity index (χ0v) is 16.9. The Morgan fingerprint density at radius 3 is 2.23 bits per heavy atom. The van der Waals surface area contributed by atoms with Crippen molar-refractivity contribution in [3.63, 3.8) is 0 Å². The highest BCUT2D eigenvalue weighted by molar-refractivity contribution is 7.15. The van der Waals surface area contributed by atoms with Crippen LogP contribution in [0.25, 0.3) is 0 Å². The van der Waals surface area contributed by atoms with Crippen LogP contribution in [-0.4, -0.2) is 10.9 Å². The topological polar surface area (TPSA) is 63.2 Å². The summed E-state index contributed by atoms with van der Waals surface area (Å²) < 4.78 is 18.8. The van der Waals surface area contributed by atoms with Gasteiger partial charge in [-0.15, -0.1) is 11.3 Å². The molecule has 4 aromatic rings. The second-order valence-corrected chi connectivity index (χ2v) is 7.65. The van der Waals surface area contributed by atoms with E-state index in [0.29, 0.717) is 16.5 Å². The van der Waals surface area contributed by atoms with Gasteiger partial charge in [0.1, 0.15) is 23.0 Å². The maximum absolute atomic E-state index is 13.0. The number of nitrogens with zero attached hydrogens (tertiary/aromatic N) is 1. The van der Waals surface area contributed by atoms with Gasteiger partial charge in [-0.3, -0.25) is 4.79 Å². The SMILES string of the molecule is Cc1sc(Nc2ccc(Oc3ccccc3)cc2)nc1C(=O)Nc1ccc(F)cc1. The lowest BCUT2D eigenvalue weighted by atomic mass is 10.3. The molecule has 1 amide bonds. The Balaban J connectivity index is 1.41. The molecule has 0 aliphatic heterocycles. The molecule has 0 radical (unpaired) electrons. The number of aromatic nitrogens is 1. The van der Waals surface area contributed by atoms with E-state index in [2.05, 4.69) is 15.6 Å². The van der Waals surface area contributed by atoms with Gasteiger partial charge in [0.25, 0.3) is 5.91 Å². The average Bonchev–Trinajstić information content (AvgIpc) is 3.12. The van der Waals surface area contributed by atoms with E-state index in [0.717, 1.165) is 22.1 Å². The highest BCUT2D eigenvalue weighted by atomic mass is 32.1. The fourth-order valence-electron chi connectivity index (χ4n) is 2.74. The van der Waals surface area contributed by atoms with Crippen LogP contribution < -0.4 is 15.4 Å². The van der Waals surface area contributed by atoms with Gasteiger partial charge in [-0.2, -0.15) is 0 Å². The molecule has 0 fully saturated rings. The molecule has 0 unspecified atom stereocenters. The summed E-state index contributed by atoms with van der Waals surface area (Å²) in [7, 11) is 0. The van der Waals surface area contributed by atoms with Crippen LogP contribution in [0, 0.1) is 12.7 Å². The summed E-state index contributed by atoms with van der Waals surface area (Å²) in [6.07, 6.45) is 0. The molecule has 30 heavy (non-hydrogen) atoms. The summed E-state index contributed by atoms with van der Waals surface area (Å²) >= 11 is 1.38. The van der Waals surface area contributed by atoms with Crippen molar-refractivity contribution in [3.8, 4) is 11.5 Å². The highest BCUT2D eigenvalue weighted by Gasteiger charge is 2.16. The first-order valence-corrected chi connectivity index (χ1v) is 10.0. The normalized spacial score (nSPS) is 10.5. The number of nitrogens with one attached hydrogen (secondary N) is 2. The van der Waals surface area contributed by atoms with E-state index >= 15 is 0 Å². The van der Waals surface area contributed by atoms with Crippen LogP contribution in [0.5, 0.6) is 11.5 Å². The van der Waals surface area contributed by atoms with E-state index in [9.17, 15) is 9.18 Å². The molecule has 1 heterocycles. The lowest BCUT2D eigenvalue weighted by molar-refractivity contribution is 0.102. The van der Waals surface area contributed by atoms with Crippen molar-refractivity contribution in [2.75, 3.05) is 10.6 Å². The standard InChI is InChI=1S/C23H18FN3O2S/c1-15-21(22(28)25-17-9-7-16(24)8-10-17)27-23(30-15)26-18-11-13-20(14-12-18)29-19-5-3-2-4-6-19/h2-14H,1H3,(H,25,28)(H,26,27). The van der Waals surface area contributed by atoms with Crippen molar-refractivity contribution in [2.24, 2.45) is 0 Å². The van der Waals surface area contributed by atoms with Crippen molar-refractivity contribution in [2.45, 2.75) is 6.92 Å². The van der Waals surface area contributed by atoms with Gasteiger partial charge in [0.05, 0.1) is 0 Å². The molecule has 0 saturated carbocycles. The van der Waals surface area contributed by atoms with E-state index < -0.39 is 0 Å². The molecular formula is C23H18FN3O2S. The van der Waals surface area contributed by atoms with E-state index in [1.807, 2.05) is 61.5 Å². The molecule has 5 nitrogen and oxygen atoms in total. The Labute approximate surface area is 177 Å². The van der Waals surface area contributed by atoms with Gasteiger partial charge in [0, 0.05) is 16.3 Å². The smallest absolute Gasteiger partial charge is 0.275 e. The lowest BCUT2D eigenvalue weighted by Gasteiger charge is -2.07. The van der Waals surface area contributed by atoms with E-state index in [-0.39, 0.29) is 11.7 Å². The minimum absolute atomic E-state index is 0.329. The van der Waals surface area contributed by atoms with E-state index in [4.69, 9.17) is 4.74 Å². The van der Waals surface area contributed by atoms with Crippen molar-refractivity contribution in [1.82, 2.24) is 4.98 Å². The van der Waals surface area contributed by atoms with Crippen molar-refractivity contribution < 1.29 is 13.9 Å². The van der Waals surface area contributed by atoms with Gasteiger partial charge in [0.15, 0.2) is 5.13 Å². The van der Waals surface area contributed by atoms with Crippen LogP contribution in [0.15, 0.2) is 78.9 Å². The first kappa shape index (κ1) is 19.6. The van der Waals surface area contributed by atoms with E-state index in [1.54, 1.807) is 0 Å². The molecule has 1 aromatic heterocycles. The number of rotatable bonds is 6. The predicted octanol–water partition coefficient (Wildman–Crippen LogP) is 6.38. The van der Waals surface area contributed by atoms with Gasteiger partial charge < -0.3 is 15.4 Å². The summed E-state index contributed by atoms with van der Waals surface area (Å²) in [5, 5.41) is 6.54. The third-order valence-corrected chi connectivity index (χ3v) is 5.08. The number of aryl methyl sites for hydroxylation is 1. The lowest BCUT2D eigenvalue weighted by Crippen LogP contribution is -2.13. The van der Waals surface area contributed by atoms with Crippen LogP contribution in [0.1, 0.15) is 15.4 Å². The van der Waals surface area contributed by atoms with Gasteiger partial charge in [-0.25, -0.2) is 9.37 Å². The molecule has 2 N–H and O–H groups in total. The summed E-state index contributed by atoms with van der Waals surface area (Å²) in [6, 6.07) is 22.6. The molecule has 0 saturated heterocycles. The largest absolute Gasteiger partial charge is 0.457 e. The third-order valence-electron chi connectivity index (χ3n) is 4.20. The third kappa shape index (κ3) is 4.82. The molecule has 7 heteroatoms. The number of halogens is 1. The molecule has 3 aromatic carbocycles. The number of hydrogen-bond donors (Lipinski definition) is 2. The maximum Gasteiger partial charge on any atom is 0.275 e. The Morgan fingerprint density at radius 1 is 0.900 bits per heavy atom. The number of ether oxygens (including phenoxy) is 1. The minimum Gasteiger partial charge on any atom is -0.457 e. The van der Waals surface area contributed by atoms with Crippen molar-refractivity contribution in [1.29, 1.82) is 0 Å². The monoisotopic (exact) mass is 419 g/mol. The molecule has 0 aliphatic rings. The quantitative estimate of drug-likeness (QED) is 0.381. The molecule has 150 valence electrons. The molecule has 0 spiro atoms. The van der Waals surface area contributed by atoms with Gasteiger partial charge in [-0.05, 0) is 67.6 Å². The first-order chi connectivity index (χ1) is 14.6. The summed E-state index contributed by atoms with van der Waals surface area (Å²) in [5.74, 6) is 0.798. The number of benzene rings is 3. The molecule has 0 atom stereocenters.